The second-order valence-electron chi connectivity index (χ2n) is 6.88. The minimum Gasteiger partial charge on any atom is -0.314 e. The lowest BCUT2D eigenvalue weighted by Gasteiger charge is -2.35. The molecule has 1 N–H and O–H groups in total. The maximum Gasteiger partial charge on any atom is 0.0777 e. The van der Waals surface area contributed by atoms with Crippen LogP contribution in [0, 0.1) is 6.92 Å². The fourth-order valence-corrected chi connectivity index (χ4v) is 3.71. The van der Waals surface area contributed by atoms with Crippen LogP contribution in [0.1, 0.15) is 23.0 Å². The van der Waals surface area contributed by atoms with Gasteiger partial charge in [0.2, 0.25) is 0 Å². The van der Waals surface area contributed by atoms with E-state index in [1.807, 2.05) is 0 Å². The third-order valence-electron chi connectivity index (χ3n) is 5.04. The molecule has 1 unspecified atom stereocenters. The Hall–Kier alpha value is -2.49. The first-order valence-electron chi connectivity index (χ1n) is 9.35. The zero-order valence-electron chi connectivity index (χ0n) is 15.2. The van der Waals surface area contributed by atoms with E-state index in [9.17, 15) is 0 Å². The summed E-state index contributed by atoms with van der Waals surface area (Å²) in [6, 6.07) is 26.1. The first-order chi connectivity index (χ1) is 12.8. The van der Waals surface area contributed by atoms with Gasteiger partial charge in [-0.05, 0) is 35.7 Å². The summed E-state index contributed by atoms with van der Waals surface area (Å²) in [6.07, 6.45) is 0. The predicted octanol–water partition coefficient (Wildman–Crippen LogP) is 4.05. The lowest BCUT2D eigenvalue weighted by molar-refractivity contribution is 0.195. The monoisotopic (exact) mass is 343 g/mol. The maximum atomic E-state index is 4.84. The number of hydrogen-bond donors (Lipinski definition) is 1. The zero-order valence-corrected chi connectivity index (χ0v) is 15.2. The Balaban J connectivity index is 1.69. The minimum atomic E-state index is 0.210. The molecule has 2 aromatic carbocycles. The second kappa shape index (κ2) is 7.81. The number of piperazine rings is 1. The third-order valence-corrected chi connectivity index (χ3v) is 5.04. The fraction of sp³-hybridized carbons (Fsp3) is 0.261. The summed E-state index contributed by atoms with van der Waals surface area (Å²) in [5.74, 6) is 0. The topological polar surface area (TPSA) is 28.2 Å². The molecule has 3 nitrogen and oxygen atoms in total. The Morgan fingerprint density at radius 3 is 2.19 bits per heavy atom. The summed E-state index contributed by atoms with van der Waals surface area (Å²) in [4.78, 5) is 7.38. The third kappa shape index (κ3) is 3.69. The Morgan fingerprint density at radius 1 is 0.808 bits per heavy atom. The Bertz CT molecular complexity index is 837. The van der Waals surface area contributed by atoms with Crippen LogP contribution < -0.4 is 5.32 Å². The van der Waals surface area contributed by atoms with Gasteiger partial charge in [0, 0.05) is 31.9 Å². The number of nitrogens with one attached hydrogen (secondary N) is 1. The van der Waals surface area contributed by atoms with Crippen molar-refractivity contribution >= 4 is 0 Å². The van der Waals surface area contributed by atoms with Crippen LogP contribution in [0.15, 0.2) is 72.8 Å². The van der Waals surface area contributed by atoms with E-state index in [-0.39, 0.29) is 6.04 Å². The normalized spacial score (nSPS) is 16.3. The number of benzene rings is 2. The van der Waals surface area contributed by atoms with Crippen molar-refractivity contribution in [3.8, 4) is 11.1 Å². The van der Waals surface area contributed by atoms with Gasteiger partial charge in [0.05, 0.1) is 11.7 Å². The molecule has 0 aliphatic carbocycles. The minimum absolute atomic E-state index is 0.210. The van der Waals surface area contributed by atoms with Crippen LogP contribution >= 0.6 is 0 Å². The van der Waals surface area contributed by atoms with E-state index >= 15 is 0 Å². The Kier molecular flexibility index (Phi) is 5.09. The molecular formula is C23H25N3. The maximum absolute atomic E-state index is 4.84. The summed E-state index contributed by atoms with van der Waals surface area (Å²) in [5, 5.41) is 3.45. The zero-order chi connectivity index (χ0) is 17.8. The van der Waals surface area contributed by atoms with E-state index in [1.165, 1.54) is 16.7 Å². The average Bonchev–Trinajstić information content (AvgIpc) is 2.70. The van der Waals surface area contributed by atoms with Gasteiger partial charge in [-0.15, -0.1) is 0 Å². The molecule has 4 rings (SSSR count). The lowest BCUT2D eigenvalue weighted by atomic mass is 9.97. The standard InChI is InChI=1S/C23H25N3/c1-18-6-5-9-22(25-18)23(26-16-14-24-15-17-26)21-12-10-20(11-13-21)19-7-3-2-4-8-19/h2-13,23-24H,14-17H2,1H3. The number of nitrogens with zero attached hydrogens (tertiary/aromatic N) is 2. The van der Waals surface area contributed by atoms with Gasteiger partial charge in [0.1, 0.15) is 0 Å². The predicted molar refractivity (Wildman–Crippen MR) is 107 cm³/mol. The molecule has 1 aliphatic rings. The summed E-state index contributed by atoms with van der Waals surface area (Å²) >= 11 is 0. The van der Waals surface area contributed by atoms with E-state index in [4.69, 9.17) is 4.98 Å². The largest absolute Gasteiger partial charge is 0.314 e. The van der Waals surface area contributed by atoms with Gasteiger partial charge in [-0.25, -0.2) is 0 Å². The van der Waals surface area contributed by atoms with E-state index in [0.29, 0.717) is 0 Å². The van der Waals surface area contributed by atoms with Gasteiger partial charge in [0.15, 0.2) is 0 Å². The SMILES string of the molecule is Cc1cccc(C(c2ccc(-c3ccccc3)cc2)N2CCNCC2)n1. The van der Waals surface area contributed by atoms with Crippen LogP contribution in [-0.2, 0) is 0 Å². The molecule has 0 spiro atoms. The van der Waals surface area contributed by atoms with Crippen molar-refractivity contribution in [2.24, 2.45) is 0 Å². The molecule has 1 atom stereocenters. The number of aryl methyl sites for hydroxylation is 1. The first-order valence-corrected chi connectivity index (χ1v) is 9.35. The van der Waals surface area contributed by atoms with E-state index < -0.39 is 0 Å². The molecule has 26 heavy (non-hydrogen) atoms. The van der Waals surface area contributed by atoms with Crippen molar-refractivity contribution in [2.75, 3.05) is 26.2 Å². The molecule has 1 aliphatic heterocycles. The smallest absolute Gasteiger partial charge is 0.0777 e. The van der Waals surface area contributed by atoms with Crippen molar-refractivity contribution < 1.29 is 0 Å². The van der Waals surface area contributed by atoms with Crippen molar-refractivity contribution in [1.29, 1.82) is 0 Å². The molecule has 132 valence electrons. The summed E-state index contributed by atoms with van der Waals surface area (Å²) in [6.45, 7) is 6.22. The molecule has 2 heterocycles. The molecule has 1 aromatic heterocycles. The van der Waals surface area contributed by atoms with Crippen molar-refractivity contribution in [1.82, 2.24) is 15.2 Å². The van der Waals surface area contributed by atoms with E-state index in [2.05, 4.69) is 89.9 Å². The molecule has 0 radical (unpaired) electrons. The summed E-state index contributed by atoms with van der Waals surface area (Å²) in [7, 11) is 0. The van der Waals surface area contributed by atoms with Gasteiger partial charge >= 0.3 is 0 Å². The number of pyridine rings is 1. The first kappa shape index (κ1) is 17.0. The van der Waals surface area contributed by atoms with Crippen molar-refractivity contribution in [2.45, 2.75) is 13.0 Å². The van der Waals surface area contributed by atoms with E-state index in [1.54, 1.807) is 0 Å². The molecule has 1 fully saturated rings. The molecule has 0 amide bonds. The molecule has 0 bridgehead atoms. The van der Waals surface area contributed by atoms with Crippen LogP contribution in [0.4, 0.5) is 0 Å². The number of rotatable bonds is 4. The molecule has 1 saturated heterocycles. The van der Waals surface area contributed by atoms with Crippen LogP contribution in [0.2, 0.25) is 0 Å². The number of aromatic nitrogens is 1. The summed E-state index contributed by atoms with van der Waals surface area (Å²) < 4.78 is 0. The molecule has 0 saturated carbocycles. The highest BCUT2D eigenvalue weighted by Crippen LogP contribution is 2.30. The van der Waals surface area contributed by atoms with Gasteiger partial charge in [-0.2, -0.15) is 0 Å². The summed E-state index contributed by atoms with van der Waals surface area (Å²) in [5.41, 5.74) is 6.03. The van der Waals surface area contributed by atoms with Gasteiger partial charge in [0.25, 0.3) is 0 Å². The Labute approximate surface area is 155 Å². The van der Waals surface area contributed by atoms with Gasteiger partial charge < -0.3 is 5.32 Å². The Morgan fingerprint density at radius 2 is 1.50 bits per heavy atom. The number of hydrogen-bond acceptors (Lipinski definition) is 3. The lowest BCUT2D eigenvalue weighted by Crippen LogP contribution is -2.45. The van der Waals surface area contributed by atoms with Crippen molar-refractivity contribution in [3.05, 3.63) is 89.7 Å². The van der Waals surface area contributed by atoms with Crippen LogP contribution in [0.3, 0.4) is 0 Å². The molecule has 3 aromatic rings. The second-order valence-corrected chi connectivity index (χ2v) is 6.88. The highest BCUT2D eigenvalue weighted by atomic mass is 15.2. The van der Waals surface area contributed by atoms with Crippen molar-refractivity contribution in [3.63, 3.8) is 0 Å². The van der Waals surface area contributed by atoms with Crippen LogP contribution in [0.25, 0.3) is 11.1 Å². The van der Waals surface area contributed by atoms with Crippen LogP contribution in [0.5, 0.6) is 0 Å². The van der Waals surface area contributed by atoms with E-state index in [0.717, 1.165) is 37.6 Å². The van der Waals surface area contributed by atoms with Gasteiger partial charge in [-0.1, -0.05) is 60.7 Å². The highest BCUT2D eigenvalue weighted by molar-refractivity contribution is 5.63. The quantitative estimate of drug-likeness (QED) is 0.774. The average molecular weight is 343 g/mol. The molecule has 3 heteroatoms. The van der Waals surface area contributed by atoms with Crippen LogP contribution in [-0.4, -0.2) is 36.1 Å². The molecular weight excluding hydrogens is 318 g/mol. The highest BCUT2D eigenvalue weighted by Gasteiger charge is 2.25. The van der Waals surface area contributed by atoms with Gasteiger partial charge in [-0.3, -0.25) is 9.88 Å². The fourth-order valence-electron chi connectivity index (χ4n) is 3.71.